The highest BCUT2D eigenvalue weighted by Gasteiger charge is 2.37. The van der Waals surface area contributed by atoms with Gasteiger partial charge in [-0.1, -0.05) is 20.8 Å². The van der Waals surface area contributed by atoms with E-state index in [1.807, 2.05) is 34.6 Å². The Morgan fingerprint density at radius 2 is 1.91 bits per heavy atom. The monoisotopic (exact) mass is 343 g/mol. The molecule has 1 aliphatic heterocycles. The molecule has 7 heteroatoms. The molecule has 1 rings (SSSR count). The van der Waals surface area contributed by atoms with Crippen LogP contribution in [0.15, 0.2) is 0 Å². The SMILES string of the molecule is CC(C)NC(=O)CN(C)C(=O)[C@@H]1CSCN1C(=O)CC(C)(C)C. The van der Waals surface area contributed by atoms with Gasteiger partial charge in [-0.05, 0) is 19.3 Å². The van der Waals surface area contributed by atoms with Crippen molar-refractivity contribution in [2.75, 3.05) is 25.2 Å². The normalized spacial score (nSPS) is 18.2. The molecule has 0 bridgehead atoms. The summed E-state index contributed by atoms with van der Waals surface area (Å²) in [6, 6.07) is -0.426. The molecule has 0 saturated carbocycles. The molecule has 1 atom stereocenters. The number of likely N-dealkylation sites (N-methyl/N-ethyl adjacent to an activating group) is 1. The van der Waals surface area contributed by atoms with Crippen LogP contribution in [0, 0.1) is 5.41 Å². The lowest BCUT2D eigenvalue weighted by molar-refractivity contribution is -0.144. The molecule has 0 unspecified atom stereocenters. The number of nitrogens with one attached hydrogen (secondary N) is 1. The molecule has 1 N–H and O–H groups in total. The van der Waals surface area contributed by atoms with Gasteiger partial charge in [0.05, 0.1) is 12.4 Å². The van der Waals surface area contributed by atoms with E-state index in [4.69, 9.17) is 0 Å². The van der Waals surface area contributed by atoms with Gasteiger partial charge in [0.1, 0.15) is 6.04 Å². The Kier molecular flexibility index (Phi) is 6.92. The van der Waals surface area contributed by atoms with Crippen molar-refractivity contribution < 1.29 is 14.4 Å². The van der Waals surface area contributed by atoms with E-state index >= 15 is 0 Å². The smallest absolute Gasteiger partial charge is 0.246 e. The lowest BCUT2D eigenvalue weighted by atomic mass is 9.91. The number of amides is 3. The van der Waals surface area contributed by atoms with E-state index in [9.17, 15) is 14.4 Å². The minimum absolute atomic E-state index is 0.000817. The molecular formula is C16H29N3O3S. The Bertz CT molecular complexity index is 460. The largest absolute Gasteiger partial charge is 0.352 e. The molecule has 0 aromatic rings. The van der Waals surface area contributed by atoms with Crippen molar-refractivity contribution in [2.24, 2.45) is 5.41 Å². The van der Waals surface area contributed by atoms with Crippen LogP contribution in [0.5, 0.6) is 0 Å². The third-order valence-electron chi connectivity index (χ3n) is 3.38. The van der Waals surface area contributed by atoms with Crippen LogP contribution < -0.4 is 5.32 Å². The maximum Gasteiger partial charge on any atom is 0.246 e. The highest BCUT2D eigenvalue weighted by Crippen LogP contribution is 2.27. The van der Waals surface area contributed by atoms with Crippen LogP contribution in [0.4, 0.5) is 0 Å². The molecule has 0 aromatic heterocycles. The maximum absolute atomic E-state index is 12.6. The second-order valence-corrected chi connectivity index (χ2v) is 8.53. The molecule has 1 aliphatic rings. The van der Waals surface area contributed by atoms with Crippen molar-refractivity contribution in [3.63, 3.8) is 0 Å². The van der Waals surface area contributed by atoms with E-state index in [0.717, 1.165) is 0 Å². The number of hydrogen-bond donors (Lipinski definition) is 1. The first kappa shape index (κ1) is 19.8. The van der Waals surface area contributed by atoms with Crippen LogP contribution in [0.3, 0.4) is 0 Å². The van der Waals surface area contributed by atoms with Gasteiger partial charge in [0.25, 0.3) is 0 Å². The van der Waals surface area contributed by atoms with Gasteiger partial charge in [-0.25, -0.2) is 0 Å². The van der Waals surface area contributed by atoms with Crippen molar-refractivity contribution in [2.45, 2.75) is 53.1 Å². The summed E-state index contributed by atoms with van der Waals surface area (Å²) in [6.45, 7) is 9.79. The number of carbonyl (C=O) groups excluding carboxylic acids is 3. The standard InChI is InChI=1S/C16H29N3O3S/c1-11(2)17-13(20)8-18(6)15(22)12-9-23-10-19(12)14(21)7-16(3,4)5/h11-12H,7-10H2,1-6H3,(H,17,20)/t12-/m0/s1. The summed E-state index contributed by atoms with van der Waals surface area (Å²) < 4.78 is 0. The topological polar surface area (TPSA) is 69.7 Å². The lowest BCUT2D eigenvalue weighted by Gasteiger charge is -2.29. The third-order valence-corrected chi connectivity index (χ3v) is 4.39. The van der Waals surface area contributed by atoms with Gasteiger partial charge < -0.3 is 15.1 Å². The average molecular weight is 343 g/mol. The van der Waals surface area contributed by atoms with E-state index in [1.165, 1.54) is 4.90 Å². The fourth-order valence-electron chi connectivity index (χ4n) is 2.36. The molecule has 132 valence electrons. The molecule has 1 heterocycles. The van der Waals surface area contributed by atoms with Gasteiger partial charge >= 0.3 is 0 Å². The fourth-order valence-corrected chi connectivity index (χ4v) is 3.54. The summed E-state index contributed by atoms with van der Waals surface area (Å²) in [7, 11) is 1.61. The number of hydrogen-bond acceptors (Lipinski definition) is 4. The molecule has 1 fully saturated rings. The van der Waals surface area contributed by atoms with E-state index < -0.39 is 6.04 Å². The second-order valence-electron chi connectivity index (χ2n) is 7.53. The highest BCUT2D eigenvalue weighted by molar-refractivity contribution is 7.99. The van der Waals surface area contributed by atoms with Crippen LogP contribution >= 0.6 is 11.8 Å². The number of carbonyl (C=O) groups is 3. The van der Waals surface area contributed by atoms with Crippen molar-refractivity contribution in [1.82, 2.24) is 15.1 Å². The van der Waals surface area contributed by atoms with Gasteiger partial charge in [-0.2, -0.15) is 0 Å². The average Bonchev–Trinajstić information content (AvgIpc) is 2.83. The van der Waals surface area contributed by atoms with Crippen molar-refractivity contribution in [3.8, 4) is 0 Å². The van der Waals surface area contributed by atoms with Crippen LogP contribution in [0.2, 0.25) is 0 Å². The zero-order valence-corrected chi connectivity index (χ0v) is 15.8. The Hall–Kier alpha value is -1.24. The van der Waals surface area contributed by atoms with Gasteiger partial charge in [-0.15, -0.1) is 11.8 Å². The molecule has 23 heavy (non-hydrogen) atoms. The van der Waals surface area contributed by atoms with Gasteiger partial charge in [-0.3, -0.25) is 14.4 Å². The minimum atomic E-state index is -0.466. The zero-order chi connectivity index (χ0) is 17.8. The highest BCUT2D eigenvalue weighted by atomic mass is 32.2. The van der Waals surface area contributed by atoms with Gasteiger partial charge in [0, 0.05) is 25.3 Å². The van der Waals surface area contributed by atoms with Gasteiger partial charge in [0.15, 0.2) is 0 Å². The summed E-state index contributed by atoms with van der Waals surface area (Å²) in [5.41, 5.74) is -0.110. The summed E-state index contributed by atoms with van der Waals surface area (Å²) >= 11 is 1.58. The van der Waals surface area contributed by atoms with Crippen LogP contribution in [0.25, 0.3) is 0 Å². The molecule has 0 aliphatic carbocycles. The van der Waals surface area contributed by atoms with E-state index in [2.05, 4.69) is 5.32 Å². The van der Waals surface area contributed by atoms with Crippen LogP contribution in [-0.4, -0.2) is 64.8 Å². The molecule has 0 aromatic carbocycles. The molecule has 0 spiro atoms. The first-order valence-electron chi connectivity index (χ1n) is 7.93. The van der Waals surface area contributed by atoms with E-state index in [-0.39, 0.29) is 35.7 Å². The maximum atomic E-state index is 12.6. The summed E-state index contributed by atoms with van der Waals surface area (Å²) in [5, 5.41) is 2.77. The third kappa shape index (κ3) is 6.41. The van der Waals surface area contributed by atoms with Gasteiger partial charge in [0.2, 0.25) is 17.7 Å². The molecule has 0 radical (unpaired) electrons. The first-order chi connectivity index (χ1) is 10.5. The predicted molar refractivity (Wildman–Crippen MR) is 92.9 cm³/mol. The Balaban J connectivity index is 2.66. The fraction of sp³-hybridized carbons (Fsp3) is 0.812. The number of rotatable bonds is 5. The molecular weight excluding hydrogens is 314 g/mol. The van der Waals surface area contributed by atoms with E-state index in [1.54, 1.807) is 23.7 Å². The van der Waals surface area contributed by atoms with Crippen LogP contribution in [0.1, 0.15) is 41.0 Å². The Labute approximate surface area is 143 Å². The molecule has 6 nitrogen and oxygen atoms in total. The zero-order valence-electron chi connectivity index (χ0n) is 15.0. The first-order valence-corrected chi connectivity index (χ1v) is 9.08. The summed E-state index contributed by atoms with van der Waals surface area (Å²) in [4.78, 5) is 39.9. The number of nitrogens with zero attached hydrogens (tertiary/aromatic N) is 2. The Morgan fingerprint density at radius 1 is 1.30 bits per heavy atom. The lowest BCUT2D eigenvalue weighted by Crippen LogP contribution is -2.50. The second kappa shape index (κ2) is 8.04. The molecule has 3 amide bonds. The summed E-state index contributed by atoms with van der Waals surface area (Å²) in [5.74, 6) is 0.772. The minimum Gasteiger partial charge on any atom is -0.352 e. The summed E-state index contributed by atoms with van der Waals surface area (Å²) in [6.07, 6.45) is 0.412. The van der Waals surface area contributed by atoms with Crippen molar-refractivity contribution in [1.29, 1.82) is 0 Å². The molecule has 1 saturated heterocycles. The van der Waals surface area contributed by atoms with Crippen LogP contribution in [-0.2, 0) is 14.4 Å². The van der Waals surface area contributed by atoms with Crippen molar-refractivity contribution >= 4 is 29.5 Å². The predicted octanol–water partition coefficient (Wildman–Crippen LogP) is 1.31. The quantitative estimate of drug-likeness (QED) is 0.817. The number of thioether (sulfide) groups is 1. The van der Waals surface area contributed by atoms with E-state index in [0.29, 0.717) is 18.1 Å². The Morgan fingerprint density at radius 3 is 2.43 bits per heavy atom. The van der Waals surface area contributed by atoms with Crippen molar-refractivity contribution in [3.05, 3.63) is 0 Å².